The molecule has 0 spiro atoms. The standard InChI is InChI=1S/C19H24N2O2S/c1-14(20-11-12-24-17-7-5-4-6-8-17)16-9-10-19(23-3)18(13-16)21-15(2)22/h4-10,13-14,20H,11-12H2,1-3H3,(H,21,22). The number of methoxy groups -OCH3 is 1. The number of hydrogen-bond donors (Lipinski definition) is 2. The Hall–Kier alpha value is -1.98. The Bertz CT molecular complexity index is 662. The Labute approximate surface area is 148 Å². The lowest BCUT2D eigenvalue weighted by Gasteiger charge is -2.17. The van der Waals surface area contributed by atoms with Gasteiger partial charge in [0.1, 0.15) is 5.75 Å². The van der Waals surface area contributed by atoms with Gasteiger partial charge in [-0.1, -0.05) is 24.3 Å². The molecule has 0 heterocycles. The van der Waals surface area contributed by atoms with Crippen LogP contribution in [-0.4, -0.2) is 25.3 Å². The molecule has 0 bridgehead atoms. The molecule has 0 aliphatic carbocycles. The van der Waals surface area contributed by atoms with Crippen LogP contribution in [0.2, 0.25) is 0 Å². The summed E-state index contributed by atoms with van der Waals surface area (Å²) in [6.07, 6.45) is 0. The van der Waals surface area contributed by atoms with Gasteiger partial charge in [-0.2, -0.15) is 0 Å². The van der Waals surface area contributed by atoms with E-state index in [1.807, 2.05) is 36.0 Å². The maximum Gasteiger partial charge on any atom is 0.221 e. The highest BCUT2D eigenvalue weighted by atomic mass is 32.2. The van der Waals surface area contributed by atoms with Crippen molar-refractivity contribution < 1.29 is 9.53 Å². The number of thioether (sulfide) groups is 1. The quantitative estimate of drug-likeness (QED) is 0.559. The third-order valence-corrected chi connectivity index (χ3v) is 4.61. The highest BCUT2D eigenvalue weighted by molar-refractivity contribution is 7.99. The molecule has 0 saturated carbocycles. The van der Waals surface area contributed by atoms with E-state index in [9.17, 15) is 4.79 Å². The molecule has 0 aliphatic rings. The number of nitrogens with one attached hydrogen (secondary N) is 2. The van der Waals surface area contributed by atoms with Crippen molar-refractivity contribution in [3.8, 4) is 5.75 Å². The van der Waals surface area contributed by atoms with Crippen molar-refractivity contribution in [2.75, 3.05) is 24.7 Å². The van der Waals surface area contributed by atoms with Crippen molar-refractivity contribution in [3.63, 3.8) is 0 Å². The lowest BCUT2D eigenvalue weighted by molar-refractivity contribution is -0.114. The minimum atomic E-state index is -0.106. The molecule has 1 atom stereocenters. The molecule has 1 amide bonds. The van der Waals surface area contributed by atoms with Crippen molar-refractivity contribution in [2.45, 2.75) is 24.8 Å². The zero-order chi connectivity index (χ0) is 17.4. The zero-order valence-electron chi connectivity index (χ0n) is 14.3. The number of rotatable bonds is 8. The molecule has 128 valence electrons. The number of amides is 1. The van der Waals surface area contributed by atoms with Gasteiger partial charge in [0.05, 0.1) is 12.8 Å². The van der Waals surface area contributed by atoms with Gasteiger partial charge >= 0.3 is 0 Å². The van der Waals surface area contributed by atoms with Gasteiger partial charge in [0.25, 0.3) is 0 Å². The van der Waals surface area contributed by atoms with Gasteiger partial charge in [-0.05, 0) is 36.8 Å². The third kappa shape index (κ3) is 5.58. The minimum Gasteiger partial charge on any atom is -0.495 e. The summed E-state index contributed by atoms with van der Waals surface area (Å²) >= 11 is 1.84. The van der Waals surface area contributed by atoms with E-state index in [-0.39, 0.29) is 11.9 Å². The summed E-state index contributed by atoms with van der Waals surface area (Å²) in [6.45, 7) is 4.52. The summed E-state index contributed by atoms with van der Waals surface area (Å²) in [5.74, 6) is 1.56. The summed E-state index contributed by atoms with van der Waals surface area (Å²) in [5.41, 5.74) is 1.82. The predicted octanol–water partition coefficient (Wildman–Crippen LogP) is 4.10. The summed E-state index contributed by atoms with van der Waals surface area (Å²) in [4.78, 5) is 12.6. The molecule has 0 radical (unpaired) electrons. The fourth-order valence-electron chi connectivity index (χ4n) is 2.36. The Kier molecular flexibility index (Phi) is 7.15. The highest BCUT2D eigenvalue weighted by Crippen LogP contribution is 2.28. The van der Waals surface area contributed by atoms with Crippen molar-refractivity contribution in [3.05, 3.63) is 54.1 Å². The maximum absolute atomic E-state index is 11.3. The first-order chi connectivity index (χ1) is 11.6. The first-order valence-electron chi connectivity index (χ1n) is 7.97. The number of benzene rings is 2. The van der Waals surface area contributed by atoms with E-state index in [2.05, 4.69) is 41.8 Å². The van der Waals surface area contributed by atoms with E-state index in [0.29, 0.717) is 11.4 Å². The molecule has 2 aromatic carbocycles. The monoisotopic (exact) mass is 344 g/mol. The molecule has 0 saturated heterocycles. The van der Waals surface area contributed by atoms with Crippen LogP contribution in [0.3, 0.4) is 0 Å². The van der Waals surface area contributed by atoms with Gasteiger partial charge in [0.15, 0.2) is 0 Å². The second kappa shape index (κ2) is 9.35. The molecule has 2 aromatic rings. The minimum absolute atomic E-state index is 0.106. The SMILES string of the molecule is COc1ccc(C(C)NCCSc2ccccc2)cc1NC(C)=O. The molecule has 0 aromatic heterocycles. The van der Waals surface area contributed by atoms with Gasteiger partial charge in [-0.15, -0.1) is 11.8 Å². The van der Waals surface area contributed by atoms with Crippen LogP contribution in [0.25, 0.3) is 0 Å². The Morgan fingerprint density at radius 2 is 1.96 bits per heavy atom. The molecule has 2 rings (SSSR count). The lowest BCUT2D eigenvalue weighted by atomic mass is 10.1. The van der Waals surface area contributed by atoms with Gasteiger partial charge in [0, 0.05) is 30.2 Å². The largest absolute Gasteiger partial charge is 0.495 e. The van der Waals surface area contributed by atoms with Crippen LogP contribution >= 0.6 is 11.8 Å². The molecule has 1 unspecified atom stereocenters. The Morgan fingerprint density at radius 1 is 1.21 bits per heavy atom. The van der Waals surface area contributed by atoms with E-state index in [4.69, 9.17) is 4.74 Å². The van der Waals surface area contributed by atoms with Crippen molar-refractivity contribution in [1.82, 2.24) is 5.32 Å². The normalized spacial score (nSPS) is 11.8. The third-order valence-electron chi connectivity index (χ3n) is 3.60. The fourth-order valence-corrected chi connectivity index (χ4v) is 3.17. The lowest BCUT2D eigenvalue weighted by Crippen LogP contribution is -2.21. The molecular weight excluding hydrogens is 320 g/mol. The van der Waals surface area contributed by atoms with E-state index in [0.717, 1.165) is 17.9 Å². The smallest absolute Gasteiger partial charge is 0.221 e. The molecule has 0 aliphatic heterocycles. The van der Waals surface area contributed by atoms with Gasteiger partial charge in [-0.3, -0.25) is 4.79 Å². The Balaban J connectivity index is 1.89. The fraction of sp³-hybridized carbons (Fsp3) is 0.316. The van der Waals surface area contributed by atoms with E-state index in [1.165, 1.54) is 11.8 Å². The van der Waals surface area contributed by atoms with Crippen LogP contribution < -0.4 is 15.4 Å². The van der Waals surface area contributed by atoms with E-state index in [1.54, 1.807) is 7.11 Å². The second-order valence-electron chi connectivity index (χ2n) is 5.48. The van der Waals surface area contributed by atoms with Gasteiger partial charge < -0.3 is 15.4 Å². The van der Waals surface area contributed by atoms with E-state index >= 15 is 0 Å². The van der Waals surface area contributed by atoms with E-state index < -0.39 is 0 Å². The summed E-state index contributed by atoms with van der Waals surface area (Å²) in [7, 11) is 1.60. The maximum atomic E-state index is 11.3. The second-order valence-corrected chi connectivity index (χ2v) is 6.65. The highest BCUT2D eigenvalue weighted by Gasteiger charge is 2.10. The number of anilines is 1. The zero-order valence-corrected chi connectivity index (χ0v) is 15.2. The van der Waals surface area contributed by atoms with Crippen molar-refractivity contribution in [2.24, 2.45) is 0 Å². The van der Waals surface area contributed by atoms with Crippen LogP contribution in [0.1, 0.15) is 25.5 Å². The van der Waals surface area contributed by atoms with Crippen LogP contribution in [0, 0.1) is 0 Å². The first-order valence-corrected chi connectivity index (χ1v) is 8.95. The molecule has 24 heavy (non-hydrogen) atoms. The number of carbonyl (C=O) groups excluding carboxylic acids is 1. The van der Waals surface area contributed by atoms with Gasteiger partial charge in [-0.25, -0.2) is 0 Å². The molecule has 4 nitrogen and oxygen atoms in total. The van der Waals surface area contributed by atoms with Crippen LogP contribution in [0.5, 0.6) is 5.75 Å². The molecule has 5 heteroatoms. The summed E-state index contributed by atoms with van der Waals surface area (Å²) in [6, 6.07) is 16.4. The van der Waals surface area contributed by atoms with Crippen LogP contribution in [-0.2, 0) is 4.79 Å². The summed E-state index contributed by atoms with van der Waals surface area (Å²) < 4.78 is 5.29. The average Bonchev–Trinajstić information content (AvgIpc) is 2.59. The number of ether oxygens (including phenoxy) is 1. The Morgan fingerprint density at radius 3 is 2.62 bits per heavy atom. The van der Waals surface area contributed by atoms with Crippen LogP contribution in [0.4, 0.5) is 5.69 Å². The predicted molar refractivity (Wildman–Crippen MR) is 101 cm³/mol. The topological polar surface area (TPSA) is 50.4 Å². The molecule has 2 N–H and O–H groups in total. The number of hydrogen-bond acceptors (Lipinski definition) is 4. The van der Waals surface area contributed by atoms with Gasteiger partial charge in [0.2, 0.25) is 5.91 Å². The van der Waals surface area contributed by atoms with Crippen LogP contribution in [0.15, 0.2) is 53.4 Å². The number of carbonyl (C=O) groups is 1. The molecular formula is C19H24N2O2S. The van der Waals surface area contributed by atoms with Crippen molar-refractivity contribution in [1.29, 1.82) is 0 Å². The molecule has 0 fully saturated rings. The average molecular weight is 344 g/mol. The van der Waals surface area contributed by atoms with Crippen molar-refractivity contribution >= 4 is 23.4 Å². The summed E-state index contributed by atoms with van der Waals surface area (Å²) in [5, 5.41) is 6.33. The first kappa shape index (κ1) is 18.4.